The van der Waals surface area contributed by atoms with Crippen LogP contribution in [-0.2, 0) is 15.1 Å². The number of nitrogens with one attached hydrogen (secondary N) is 1. The zero-order valence-electron chi connectivity index (χ0n) is 15.3. The van der Waals surface area contributed by atoms with Gasteiger partial charge in [-0.15, -0.1) is 0 Å². The maximum absolute atomic E-state index is 12.3. The quantitative estimate of drug-likeness (QED) is 0.891. The topological polar surface area (TPSA) is 38.3 Å². The SMILES string of the molecule is CC(=O)C1=C(NC(C)(C)C)OC(c2ccccc2)(c2ccccc2)C1. The first-order chi connectivity index (χ1) is 11.8. The van der Waals surface area contributed by atoms with Gasteiger partial charge in [0.2, 0.25) is 0 Å². The summed E-state index contributed by atoms with van der Waals surface area (Å²) < 4.78 is 6.52. The summed E-state index contributed by atoms with van der Waals surface area (Å²) in [6, 6.07) is 20.2. The molecule has 130 valence electrons. The number of carbonyl (C=O) groups is 1. The Labute approximate surface area is 149 Å². The fraction of sp³-hybridized carbons (Fsp3) is 0.318. The molecular formula is C22H25NO2. The summed E-state index contributed by atoms with van der Waals surface area (Å²) in [7, 11) is 0. The van der Waals surface area contributed by atoms with Crippen LogP contribution in [0.1, 0.15) is 45.2 Å². The van der Waals surface area contributed by atoms with Gasteiger partial charge in [-0.05, 0) is 27.7 Å². The van der Waals surface area contributed by atoms with Crippen LogP contribution in [0.5, 0.6) is 0 Å². The number of ether oxygens (including phenoxy) is 1. The molecule has 1 N–H and O–H groups in total. The summed E-state index contributed by atoms with van der Waals surface area (Å²) in [4.78, 5) is 12.3. The van der Waals surface area contributed by atoms with Crippen molar-refractivity contribution < 1.29 is 9.53 Å². The van der Waals surface area contributed by atoms with Crippen LogP contribution in [0.25, 0.3) is 0 Å². The average Bonchev–Trinajstić information content (AvgIpc) is 2.95. The maximum Gasteiger partial charge on any atom is 0.195 e. The van der Waals surface area contributed by atoms with Gasteiger partial charge in [-0.2, -0.15) is 0 Å². The fourth-order valence-electron chi connectivity index (χ4n) is 3.23. The van der Waals surface area contributed by atoms with E-state index in [1.165, 1.54) is 0 Å². The lowest BCUT2D eigenvalue weighted by molar-refractivity contribution is -0.113. The van der Waals surface area contributed by atoms with E-state index in [-0.39, 0.29) is 11.3 Å². The molecule has 1 aliphatic rings. The van der Waals surface area contributed by atoms with E-state index < -0.39 is 5.60 Å². The number of benzene rings is 2. The Morgan fingerprint density at radius 3 is 1.84 bits per heavy atom. The predicted octanol–water partition coefficient (Wildman–Crippen LogP) is 4.54. The van der Waals surface area contributed by atoms with Crippen molar-refractivity contribution in [3.05, 3.63) is 83.2 Å². The molecule has 3 nitrogen and oxygen atoms in total. The van der Waals surface area contributed by atoms with E-state index in [0.717, 1.165) is 11.1 Å². The van der Waals surface area contributed by atoms with Crippen LogP contribution >= 0.6 is 0 Å². The number of hydrogen-bond donors (Lipinski definition) is 1. The molecule has 3 rings (SSSR count). The van der Waals surface area contributed by atoms with Crippen LogP contribution in [0.4, 0.5) is 0 Å². The molecule has 0 amide bonds. The third-order valence-corrected chi connectivity index (χ3v) is 4.37. The van der Waals surface area contributed by atoms with Gasteiger partial charge in [0.15, 0.2) is 17.3 Å². The average molecular weight is 335 g/mol. The van der Waals surface area contributed by atoms with Gasteiger partial charge in [0, 0.05) is 23.1 Å². The van der Waals surface area contributed by atoms with Crippen molar-refractivity contribution in [3.8, 4) is 0 Å². The van der Waals surface area contributed by atoms with E-state index >= 15 is 0 Å². The normalized spacial score (nSPS) is 16.5. The standard InChI is InChI=1S/C22H25NO2/c1-16(24)19-15-22(17-11-7-5-8-12-17,18-13-9-6-10-14-18)25-20(19)23-21(2,3)4/h5-14,23H,15H2,1-4H3. The summed E-state index contributed by atoms with van der Waals surface area (Å²) in [5.74, 6) is 0.633. The molecule has 0 atom stereocenters. The number of rotatable bonds is 4. The third-order valence-electron chi connectivity index (χ3n) is 4.37. The van der Waals surface area contributed by atoms with Gasteiger partial charge < -0.3 is 10.1 Å². The zero-order chi connectivity index (χ0) is 18.1. The molecule has 2 aromatic rings. The second kappa shape index (κ2) is 6.40. The summed E-state index contributed by atoms with van der Waals surface area (Å²) in [6.45, 7) is 7.79. The van der Waals surface area contributed by atoms with E-state index in [0.29, 0.717) is 17.9 Å². The lowest BCUT2D eigenvalue weighted by Crippen LogP contribution is -2.37. The zero-order valence-corrected chi connectivity index (χ0v) is 15.3. The van der Waals surface area contributed by atoms with Crippen molar-refractivity contribution in [2.24, 2.45) is 0 Å². The highest BCUT2D eigenvalue weighted by atomic mass is 16.5. The van der Waals surface area contributed by atoms with E-state index in [4.69, 9.17) is 4.74 Å². The molecule has 0 saturated carbocycles. The molecule has 0 spiro atoms. The smallest absolute Gasteiger partial charge is 0.195 e. The molecule has 0 aliphatic carbocycles. The minimum Gasteiger partial charge on any atom is -0.462 e. The van der Waals surface area contributed by atoms with Gasteiger partial charge in [-0.1, -0.05) is 60.7 Å². The van der Waals surface area contributed by atoms with E-state index in [2.05, 4.69) is 50.4 Å². The molecule has 0 radical (unpaired) electrons. The highest BCUT2D eigenvalue weighted by molar-refractivity contribution is 5.94. The van der Waals surface area contributed by atoms with Crippen LogP contribution in [0.2, 0.25) is 0 Å². The Bertz CT molecular complexity index is 746. The lowest BCUT2D eigenvalue weighted by atomic mass is 9.82. The summed E-state index contributed by atoms with van der Waals surface area (Å²) in [5.41, 5.74) is 1.93. The second-order valence-electron chi connectivity index (χ2n) is 7.58. The maximum atomic E-state index is 12.3. The third kappa shape index (κ3) is 3.46. The molecule has 0 bridgehead atoms. The van der Waals surface area contributed by atoms with E-state index in [9.17, 15) is 4.79 Å². The predicted molar refractivity (Wildman–Crippen MR) is 100.0 cm³/mol. The molecule has 0 aromatic heterocycles. The summed E-state index contributed by atoms with van der Waals surface area (Å²) in [5, 5.41) is 3.38. The number of hydrogen-bond acceptors (Lipinski definition) is 3. The van der Waals surface area contributed by atoms with Crippen LogP contribution in [0.3, 0.4) is 0 Å². The van der Waals surface area contributed by atoms with Gasteiger partial charge in [-0.3, -0.25) is 4.79 Å². The number of Topliss-reactive ketones (excluding diaryl/α,β-unsaturated/α-hetero) is 1. The molecule has 2 aromatic carbocycles. The first kappa shape index (κ1) is 17.3. The first-order valence-electron chi connectivity index (χ1n) is 8.64. The number of ketones is 1. The molecule has 0 fully saturated rings. The minimum absolute atomic E-state index is 0.0421. The van der Waals surface area contributed by atoms with Gasteiger partial charge in [0.25, 0.3) is 0 Å². The molecule has 1 aliphatic heterocycles. The Balaban J connectivity index is 2.12. The van der Waals surface area contributed by atoms with Gasteiger partial charge in [0.1, 0.15) is 0 Å². The van der Waals surface area contributed by atoms with Gasteiger partial charge in [0.05, 0.1) is 5.57 Å². The van der Waals surface area contributed by atoms with Crippen LogP contribution in [0.15, 0.2) is 72.1 Å². The lowest BCUT2D eigenvalue weighted by Gasteiger charge is -2.32. The Morgan fingerprint density at radius 1 is 0.960 bits per heavy atom. The van der Waals surface area contributed by atoms with Crippen LogP contribution in [-0.4, -0.2) is 11.3 Å². The van der Waals surface area contributed by atoms with Gasteiger partial charge >= 0.3 is 0 Å². The molecule has 0 unspecified atom stereocenters. The van der Waals surface area contributed by atoms with Gasteiger partial charge in [-0.25, -0.2) is 0 Å². The van der Waals surface area contributed by atoms with E-state index in [1.54, 1.807) is 6.92 Å². The minimum atomic E-state index is -0.683. The highest BCUT2D eigenvalue weighted by Crippen LogP contribution is 2.46. The molecule has 3 heteroatoms. The summed E-state index contributed by atoms with van der Waals surface area (Å²) >= 11 is 0. The van der Waals surface area contributed by atoms with Crippen molar-refractivity contribution in [1.82, 2.24) is 5.32 Å². The molecule has 0 saturated heterocycles. The Morgan fingerprint density at radius 2 is 1.44 bits per heavy atom. The highest BCUT2D eigenvalue weighted by Gasteiger charge is 2.45. The second-order valence-corrected chi connectivity index (χ2v) is 7.58. The summed E-state index contributed by atoms with van der Waals surface area (Å²) in [6.07, 6.45) is 0.523. The van der Waals surface area contributed by atoms with Crippen molar-refractivity contribution in [1.29, 1.82) is 0 Å². The van der Waals surface area contributed by atoms with Crippen molar-refractivity contribution in [2.45, 2.75) is 45.3 Å². The Kier molecular flexibility index (Phi) is 4.42. The monoisotopic (exact) mass is 335 g/mol. The molecular weight excluding hydrogens is 310 g/mol. The fourth-order valence-corrected chi connectivity index (χ4v) is 3.23. The largest absolute Gasteiger partial charge is 0.462 e. The van der Waals surface area contributed by atoms with E-state index in [1.807, 2.05) is 36.4 Å². The molecule has 1 heterocycles. The van der Waals surface area contributed by atoms with Crippen molar-refractivity contribution in [2.75, 3.05) is 0 Å². The van der Waals surface area contributed by atoms with Crippen LogP contribution < -0.4 is 5.32 Å². The Hall–Kier alpha value is -2.55. The van der Waals surface area contributed by atoms with Crippen molar-refractivity contribution in [3.63, 3.8) is 0 Å². The van der Waals surface area contributed by atoms with Crippen LogP contribution in [0, 0.1) is 0 Å². The molecule has 25 heavy (non-hydrogen) atoms. The number of carbonyl (C=O) groups excluding carboxylic acids is 1. The first-order valence-corrected chi connectivity index (χ1v) is 8.64. The van der Waals surface area contributed by atoms with Crippen molar-refractivity contribution >= 4 is 5.78 Å².